The summed E-state index contributed by atoms with van der Waals surface area (Å²) in [5.74, 6) is 0.153. The van der Waals surface area contributed by atoms with E-state index in [2.05, 4.69) is 3.82 Å². The fourth-order valence-electron chi connectivity index (χ4n) is 1.38. The molecule has 0 radical (unpaired) electrons. The molecule has 0 unspecified atom stereocenters. The van der Waals surface area contributed by atoms with Crippen molar-refractivity contribution in [1.29, 1.82) is 0 Å². The molecule has 0 aromatic heterocycles. The summed E-state index contributed by atoms with van der Waals surface area (Å²) in [6.07, 6.45) is 0. The Morgan fingerprint density at radius 3 is 2.40 bits per heavy atom. The molecule has 0 saturated heterocycles. The Morgan fingerprint density at radius 1 is 1.00 bits per heavy atom. The Bertz CT molecular complexity index is 584. The van der Waals surface area contributed by atoms with Gasteiger partial charge < -0.3 is 0 Å². The first-order valence-electron chi connectivity index (χ1n) is 4.21. The maximum absolute atomic E-state index is 10.7. The van der Waals surface area contributed by atoms with Crippen LogP contribution in [0.2, 0.25) is 0 Å². The van der Waals surface area contributed by atoms with Crippen LogP contribution in [-0.4, -0.2) is 17.6 Å². The zero-order chi connectivity index (χ0) is 10.9. The van der Waals surface area contributed by atoms with Crippen LogP contribution in [0, 0.1) is 0 Å². The van der Waals surface area contributed by atoms with Crippen LogP contribution in [-0.2, 0) is 7.67 Å². The molecule has 5 heteroatoms. The van der Waals surface area contributed by atoms with Crippen LogP contribution in [0.4, 0.5) is 0 Å². The molecule has 0 aliphatic rings. The number of hydrogen-bond donors (Lipinski definition) is 1. The first-order chi connectivity index (χ1) is 7.06. The van der Waals surface area contributed by atoms with Gasteiger partial charge >= 0.3 is 88.0 Å². The van der Waals surface area contributed by atoms with Crippen molar-refractivity contribution in [2.75, 3.05) is 0 Å². The second-order valence-electron chi connectivity index (χ2n) is 2.99. The van der Waals surface area contributed by atoms with E-state index in [1.807, 2.05) is 18.2 Å². The van der Waals surface area contributed by atoms with E-state index in [9.17, 15) is 7.67 Å². The van der Waals surface area contributed by atoms with Gasteiger partial charge in [0.05, 0.1) is 0 Å². The summed E-state index contributed by atoms with van der Waals surface area (Å²) in [7, 11) is 0. The minimum atomic E-state index is -5.19. The van der Waals surface area contributed by atoms with Crippen LogP contribution >= 0.6 is 0 Å². The molecule has 2 aromatic rings. The van der Waals surface area contributed by atoms with Gasteiger partial charge in [0, 0.05) is 0 Å². The molecular weight excluding hydrogens is 263 g/mol. The molecule has 0 atom stereocenters. The SMILES string of the molecule is O=[Se](=O)(O)Oc1cccc2ccccc12. The van der Waals surface area contributed by atoms with Gasteiger partial charge in [-0.3, -0.25) is 0 Å². The van der Waals surface area contributed by atoms with Gasteiger partial charge in [-0.15, -0.1) is 0 Å². The normalized spacial score (nSPS) is 11.5. The molecule has 0 aliphatic carbocycles. The molecular formula is C10H8O4Se. The van der Waals surface area contributed by atoms with Crippen LogP contribution in [0.3, 0.4) is 0 Å². The molecule has 0 aliphatic heterocycles. The quantitative estimate of drug-likeness (QED) is 0.841. The predicted molar refractivity (Wildman–Crippen MR) is 53.9 cm³/mol. The average molecular weight is 271 g/mol. The van der Waals surface area contributed by atoms with E-state index in [-0.39, 0.29) is 5.75 Å². The summed E-state index contributed by atoms with van der Waals surface area (Å²) in [5.41, 5.74) is 0. The standard InChI is InChI=1S/C10H8O4Se/c11-15(12,13)14-10-7-3-5-8-4-1-2-6-9(8)10/h1-7H,(H,11,12,13). The van der Waals surface area contributed by atoms with Crippen molar-refractivity contribution in [3.05, 3.63) is 42.5 Å². The Kier molecular flexibility index (Phi) is 2.44. The van der Waals surface area contributed by atoms with Crippen molar-refractivity contribution in [1.82, 2.24) is 0 Å². The van der Waals surface area contributed by atoms with Crippen LogP contribution in [0.1, 0.15) is 0 Å². The predicted octanol–water partition coefficient (Wildman–Crippen LogP) is 1.51. The van der Waals surface area contributed by atoms with Crippen molar-refractivity contribution < 1.29 is 15.7 Å². The molecule has 4 nitrogen and oxygen atoms in total. The van der Waals surface area contributed by atoms with Crippen LogP contribution in [0.5, 0.6) is 5.75 Å². The van der Waals surface area contributed by atoms with Gasteiger partial charge in [0.15, 0.2) is 0 Å². The number of hydrogen-bond acceptors (Lipinski definition) is 3. The van der Waals surface area contributed by atoms with E-state index in [4.69, 9.17) is 4.19 Å². The summed E-state index contributed by atoms with van der Waals surface area (Å²) in [4.78, 5) is 0. The molecule has 1 N–H and O–H groups in total. The Morgan fingerprint density at radius 2 is 1.67 bits per heavy atom. The topological polar surface area (TPSA) is 63.6 Å². The molecule has 15 heavy (non-hydrogen) atoms. The molecule has 0 saturated carbocycles. The van der Waals surface area contributed by atoms with Gasteiger partial charge in [0.25, 0.3) is 0 Å². The summed E-state index contributed by atoms with van der Waals surface area (Å²) in [6, 6.07) is 12.2. The van der Waals surface area contributed by atoms with Gasteiger partial charge in [0.2, 0.25) is 0 Å². The van der Waals surface area contributed by atoms with Gasteiger partial charge in [-0.1, -0.05) is 0 Å². The van der Waals surface area contributed by atoms with Gasteiger partial charge in [0.1, 0.15) is 0 Å². The van der Waals surface area contributed by atoms with Crippen LogP contribution in [0.25, 0.3) is 10.8 Å². The first kappa shape index (κ1) is 10.1. The maximum atomic E-state index is 10.7. The van der Waals surface area contributed by atoms with E-state index in [1.165, 1.54) is 6.07 Å². The zero-order valence-corrected chi connectivity index (χ0v) is 9.33. The average Bonchev–Trinajstić information content (AvgIpc) is 2.16. The van der Waals surface area contributed by atoms with Crippen molar-refractivity contribution in [3.63, 3.8) is 0 Å². The van der Waals surface area contributed by atoms with Crippen molar-refractivity contribution in [2.45, 2.75) is 0 Å². The Labute approximate surface area is 88.4 Å². The summed E-state index contributed by atoms with van der Waals surface area (Å²) in [5, 5.41) is 1.51. The Hall–Kier alpha value is -1.42. The summed E-state index contributed by atoms with van der Waals surface area (Å²) in [6.45, 7) is 0. The molecule has 2 aromatic carbocycles. The monoisotopic (exact) mass is 272 g/mol. The number of fused-ring (bicyclic) bond motifs is 1. The van der Waals surface area contributed by atoms with Crippen LogP contribution < -0.4 is 3.82 Å². The van der Waals surface area contributed by atoms with E-state index < -0.39 is 13.4 Å². The number of rotatable bonds is 2. The minimum absolute atomic E-state index is 0.153. The third-order valence-corrected chi connectivity index (χ3v) is 2.76. The van der Waals surface area contributed by atoms with Crippen molar-refractivity contribution in [3.8, 4) is 5.75 Å². The first-order valence-corrected chi connectivity index (χ1v) is 7.07. The molecule has 2 rings (SSSR count). The second-order valence-corrected chi connectivity index (χ2v) is 5.13. The van der Waals surface area contributed by atoms with E-state index in [0.717, 1.165) is 5.39 Å². The van der Waals surface area contributed by atoms with Gasteiger partial charge in [-0.2, -0.15) is 0 Å². The number of benzene rings is 2. The van der Waals surface area contributed by atoms with E-state index in [0.29, 0.717) is 5.39 Å². The molecule has 0 bridgehead atoms. The summed E-state index contributed by atoms with van der Waals surface area (Å²) >= 11 is -5.19. The molecule has 0 spiro atoms. The molecule has 0 amide bonds. The third-order valence-electron chi connectivity index (χ3n) is 1.94. The molecule has 0 fully saturated rings. The van der Waals surface area contributed by atoms with Crippen LogP contribution in [0.15, 0.2) is 42.5 Å². The Balaban J connectivity index is 2.61. The zero-order valence-electron chi connectivity index (χ0n) is 7.62. The van der Waals surface area contributed by atoms with Crippen molar-refractivity contribution >= 4 is 24.1 Å². The molecule has 78 valence electrons. The third kappa shape index (κ3) is 2.33. The van der Waals surface area contributed by atoms with E-state index >= 15 is 0 Å². The summed E-state index contributed by atoms with van der Waals surface area (Å²) < 4.78 is 34.5. The fraction of sp³-hybridized carbons (Fsp3) is 0. The van der Waals surface area contributed by atoms with Gasteiger partial charge in [-0.25, -0.2) is 0 Å². The second kappa shape index (κ2) is 3.62. The van der Waals surface area contributed by atoms with Crippen molar-refractivity contribution in [2.24, 2.45) is 0 Å². The molecule has 0 heterocycles. The van der Waals surface area contributed by atoms with E-state index in [1.54, 1.807) is 18.2 Å². The van der Waals surface area contributed by atoms with Gasteiger partial charge in [-0.05, 0) is 0 Å². The fourth-order valence-corrected chi connectivity index (χ4v) is 2.16.